The van der Waals surface area contributed by atoms with E-state index in [-0.39, 0.29) is 0 Å². The molecule has 0 aromatic heterocycles. The van der Waals surface area contributed by atoms with E-state index in [0.29, 0.717) is 18.0 Å². The first kappa shape index (κ1) is 18.5. The van der Waals surface area contributed by atoms with Crippen molar-refractivity contribution in [2.75, 3.05) is 13.7 Å². The number of halogens is 1. The molecule has 2 unspecified atom stereocenters. The summed E-state index contributed by atoms with van der Waals surface area (Å²) in [5, 5.41) is 0. The van der Waals surface area contributed by atoms with Crippen LogP contribution in [0.2, 0.25) is 0 Å². The van der Waals surface area contributed by atoms with Crippen LogP contribution in [0.25, 0.3) is 0 Å². The zero-order chi connectivity index (χ0) is 18.1. The Balaban J connectivity index is 1.86. The summed E-state index contributed by atoms with van der Waals surface area (Å²) in [6.45, 7) is 10.2. The third-order valence-electron chi connectivity index (χ3n) is 5.61. The number of benzene rings is 2. The van der Waals surface area contributed by atoms with Gasteiger partial charge in [0, 0.05) is 18.6 Å². The first-order chi connectivity index (χ1) is 11.9. The lowest BCUT2D eigenvalue weighted by molar-refractivity contribution is 0.144. The maximum Gasteiger partial charge on any atom is 0.133 e. The molecule has 1 heterocycles. The van der Waals surface area contributed by atoms with Gasteiger partial charge in [-0.3, -0.25) is 4.90 Å². The van der Waals surface area contributed by atoms with Gasteiger partial charge in [0.15, 0.2) is 0 Å². The number of hydrogen-bond acceptors (Lipinski definition) is 2. The van der Waals surface area contributed by atoms with Crippen LogP contribution in [-0.2, 0) is 6.42 Å². The Bertz CT molecular complexity index is 738. The van der Waals surface area contributed by atoms with Crippen molar-refractivity contribution in [3.63, 3.8) is 0 Å². The lowest BCUT2D eigenvalue weighted by Gasteiger charge is -2.40. The monoisotopic (exact) mass is 401 g/mol. The van der Waals surface area contributed by atoms with Crippen LogP contribution in [-0.4, -0.2) is 18.6 Å². The number of methoxy groups -OCH3 is 1. The molecule has 0 fully saturated rings. The number of ether oxygens (including phenoxy) is 1. The summed E-state index contributed by atoms with van der Waals surface area (Å²) in [6.07, 6.45) is 1.05. The van der Waals surface area contributed by atoms with Crippen LogP contribution in [0.1, 0.15) is 68.0 Å². The molecule has 0 bridgehead atoms. The largest absolute Gasteiger partial charge is 0.496 e. The van der Waals surface area contributed by atoms with Crippen molar-refractivity contribution in [3.8, 4) is 5.75 Å². The molecule has 0 saturated carbocycles. The van der Waals surface area contributed by atoms with Crippen LogP contribution in [0, 0.1) is 0 Å². The highest BCUT2D eigenvalue weighted by molar-refractivity contribution is 9.10. The second kappa shape index (κ2) is 7.51. The van der Waals surface area contributed by atoms with Crippen molar-refractivity contribution in [3.05, 3.63) is 63.1 Å². The fraction of sp³-hybridized carbons (Fsp3) is 0.455. The quantitative estimate of drug-likeness (QED) is 0.598. The third-order valence-corrected chi connectivity index (χ3v) is 6.48. The average Bonchev–Trinajstić information content (AvgIpc) is 2.62. The molecule has 0 saturated heterocycles. The van der Waals surface area contributed by atoms with Crippen molar-refractivity contribution in [2.45, 2.75) is 52.1 Å². The van der Waals surface area contributed by atoms with Crippen LogP contribution in [0.5, 0.6) is 5.75 Å². The van der Waals surface area contributed by atoms with Gasteiger partial charge in [0.1, 0.15) is 5.75 Å². The molecule has 2 aromatic rings. The maximum absolute atomic E-state index is 5.46. The summed E-state index contributed by atoms with van der Waals surface area (Å²) < 4.78 is 6.58. The highest BCUT2D eigenvalue weighted by Gasteiger charge is 2.30. The second-order valence-corrected chi connectivity index (χ2v) is 8.10. The predicted molar refractivity (Wildman–Crippen MR) is 108 cm³/mol. The summed E-state index contributed by atoms with van der Waals surface area (Å²) >= 11 is 3.73. The fourth-order valence-corrected chi connectivity index (χ4v) is 4.63. The summed E-state index contributed by atoms with van der Waals surface area (Å²) in [5.41, 5.74) is 5.60. The summed E-state index contributed by atoms with van der Waals surface area (Å²) in [6, 6.07) is 14.3. The van der Waals surface area contributed by atoms with Crippen molar-refractivity contribution < 1.29 is 4.74 Å². The molecule has 134 valence electrons. The lowest BCUT2D eigenvalue weighted by Crippen LogP contribution is -2.36. The van der Waals surface area contributed by atoms with Gasteiger partial charge in [0.2, 0.25) is 0 Å². The van der Waals surface area contributed by atoms with E-state index in [0.717, 1.165) is 23.2 Å². The van der Waals surface area contributed by atoms with Crippen LogP contribution in [0.4, 0.5) is 0 Å². The topological polar surface area (TPSA) is 12.5 Å². The molecule has 1 aliphatic rings. The molecule has 0 N–H and O–H groups in total. The van der Waals surface area contributed by atoms with Crippen molar-refractivity contribution in [2.24, 2.45) is 0 Å². The van der Waals surface area contributed by atoms with Gasteiger partial charge in [-0.15, -0.1) is 0 Å². The van der Waals surface area contributed by atoms with Gasteiger partial charge in [-0.1, -0.05) is 44.2 Å². The molecule has 0 spiro atoms. The first-order valence-corrected chi connectivity index (χ1v) is 9.94. The van der Waals surface area contributed by atoms with Crippen molar-refractivity contribution in [1.29, 1.82) is 0 Å². The fourth-order valence-electron chi connectivity index (χ4n) is 3.91. The summed E-state index contributed by atoms with van der Waals surface area (Å²) in [7, 11) is 1.73. The molecule has 3 rings (SSSR count). The highest BCUT2D eigenvalue weighted by atomic mass is 79.9. The lowest BCUT2D eigenvalue weighted by atomic mass is 9.90. The molecule has 1 aliphatic heterocycles. The van der Waals surface area contributed by atoms with Gasteiger partial charge in [-0.2, -0.15) is 0 Å². The smallest absolute Gasteiger partial charge is 0.133 e. The minimum Gasteiger partial charge on any atom is -0.496 e. The van der Waals surface area contributed by atoms with E-state index >= 15 is 0 Å². The zero-order valence-electron chi connectivity index (χ0n) is 15.8. The standard InChI is InChI=1S/C22H28BrNO/c1-14(2)17-6-8-18(9-7-17)15(3)24-13-12-20-19(16(24)4)10-11-21(25-5)22(20)23/h6-11,14-16H,12-13H2,1-5H3. The third kappa shape index (κ3) is 3.50. The average molecular weight is 402 g/mol. The predicted octanol–water partition coefficient (Wildman–Crippen LogP) is 6.26. The van der Waals surface area contributed by atoms with E-state index in [1.165, 1.54) is 22.3 Å². The Labute approximate surface area is 160 Å². The Morgan fingerprint density at radius 2 is 1.68 bits per heavy atom. The summed E-state index contributed by atoms with van der Waals surface area (Å²) in [5.74, 6) is 1.51. The van der Waals surface area contributed by atoms with E-state index in [4.69, 9.17) is 4.74 Å². The van der Waals surface area contributed by atoms with Crippen LogP contribution in [0.3, 0.4) is 0 Å². The molecule has 25 heavy (non-hydrogen) atoms. The normalized spacial score (nSPS) is 18.9. The van der Waals surface area contributed by atoms with E-state index in [1.807, 2.05) is 0 Å². The van der Waals surface area contributed by atoms with Crippen molar-refractivity contribution >= 4 is 15.9 Å². The van der Waals surface area contributed by atoms with Crippen molar-refractivity contribution in [1.82, 2.24) is 4.90 Å². The first-order valence-electron chi connectivity index (χ1n) is 9.15. The number of rotatable bonds is 4. The molecule has 0 radical (unpaired) electrons. The number of fused-ring (bicyclic) bond motifs is 1. The zero-order valence-corrected chi connectivity index (χ0v) is 17.4. The van der Waals surface area contributed by atoms with Gasteiger partial charge < -0.3 is 4.74 Å². The molecular weight excluding hydrogens is 374 g/mol. The van der Waals surface area contributed by atoms with E-state index in [9.17, 15) is 0 Å². The minimum atomic E-state index is 0.394. The van der Waals surface area contributed by atoms with Gasteiger partial charge in [-0.25, -0.2) is 0 Å². The molecule has 3 heteroatoms. The van der Waals surface area contributed by atoms with Crippen LogP contribution in [0.15, 0.2) is 40.9 Å². The molecule has 2 nitrogen and oxygen atoms in total. The minimum absolute atomic E-state index is 0.394. The Morgan fingerprint density at radius 3 is 2.28 bits per heavy atom. The van der Waals surface area contributed by atoms with Crippen LogP contribution >= 0.6 is 15.9 Å². The number of nitrogens with zero attached hydrogens (tertiary/aromatic N) is 1. The van der Waals surface area contributed by atoms with Gasteiger partial charge in [0.25, 0.3) is 0 Å². The molecule has 2 aromatic carbocycles. The van der Waals surface area contributed by atoms with E-state index in [2.05, 4.69) is 84.9 Å². The van der Waals surface area contributed by atoms with Gasteiger partial charge in [0.05, 0.1) is 11.6 Å². The molecular formula is C22H28BrNO. The Morgan fingerprint density at radius 1 is 1.04 bits per heavy atom. The van der Waals surface area contributed by atoms with E-state index < -0.39 is 0 Å². The maximum atomic E-state index is 5.46. The highest BCUT2D eigenvalue weighted by Crippen LogP contribution is 2.41. The second-order valence-electron chi connectivity index (χ2n) is 7.31. The van der Waals surface area contributed by atoms with Gasteiger partial charge in [-0.05, 0) is 70.4 Å². The molecule has 0 aliphatic carbocycles. The SMILES string of the molecule is COc1ccc2c(c1Br)CCN(C(C)c1ccc(C(C)C)cc1)C2C. The summed E-state index contributed by atoms with van der Waals surface area (Å²) in [4.78, 5) is 2.60. The van der Waals surface area contributed by atoms with Gasteiger partial charge >= 0.3 is 0 Å². The Hall–Kier alpha value is -1.32. The van der Waals surface area contributed by atoms with Crippen LogP contribution < -0.4 is 4.74 Å². The van der Waals surface area contributed by atoms with E-state index in [1.54, 1.807) is 7.11 Å². The Kier molecular flexibility index (Phi) is 5.55. The molecule has 0 amide bonds. The molecule has 2 atom stereocenters. The number of hydrogen-bond donors (Lipinski definition) is 0.